The highest BCUT2D eigenvalue weighted by Gasteiger charge is 2.74. The lowest BCUT2D eigenvalue weighted by molar-refractivity contribution is -0.153. The van der Waals surface area contributed by atoms with Crippen molar-refractivity contribution in [2.24, 2.45) is 17.8 Å². The second kappa shape index (κ2) is 13.7. The van der Waals surface area contributed by atoms with Gasteiger partial charge in [-0.1, -0.05) is 94.2 Å². The lowest BCUT2D eigenvalue weighted by atomic mass is 9.74. The van der Waals surface area contributed by atoms with Crippen LogP contribution in [0.1, 0.15) is 76.8 Å². The van der Waals surface area contributed by atoms with Gasteiger partial charge >= 0.3 is 5.97 Å². The summed E-state index contributed by atoms with van der Waals surface area (Å²) in [6, 6.07) is 7.02. The van der Waals surface area contributed by atoms with Gasteiger partial charge < -0.3 is 29.7 Å². The largest absolute Gasteiger partial charge is 0.463 e. The molecular weight excluding hydrogens is 586 g/mol. The van der Waals surface area contributed by atoms with Gasteiger partial charge in [0.15, 0.2) is 0 Å². The molecule has 2 N–H and O–H groups in total. The minimum absolute atomic E-state index is 0.00478. The number of allylic oxidation sites excluding steroid dienone is 1. The summed E-state index contributed by atoms with van der Waals surface area (Å²) in [6.45, 7) is 3.95. The second-order valence-electron chi connectivity index (χ2n) is 13.5. The summed E-state index contributed by atoms with van der Waals surface area (Å²) >= 11 is 0. The number of benzene rings is 1. The van der Waals surface area contributed by atoms with Crippen LogP contribution in [0.5, 0.6) is 0 Å². The Morgan fingerprint density at radius 2 is 1.80 bits per heavy atom. The molecule has 5 bridgehead atoms. The fourth-order valence-electron chi connectivity index (χ4n) is 8.26. The number of aliphatic hydroxyl groups excluding tert-OH is 1. The normalized spacial score (nSPS) is 34.3. The second-order valence-corrected chi connectivity index (χ2v) is 13.5. The maximum atomic E-state index is 15.0. The van der Waals surface area contributed by atoms with E-state index in [1.54, 1.807) is 4.90 Å². The van der Waals surface area contributed by atoms with E-state index in [0.717, 1.165) is 37.7 Å². The van der Waals surface area contributed by atoms with Gasteiger partial charge in [0.2, 0.25) is 17.7 Å². The minimum Gasteiger partial charge on any atom is -0.463 e. The highest BCUT2D eigenvalue weighted by atomic mass is 16.5. The number of esters is 1. The highest BCUT2D eigenvalue weighted by Crippen LogP contribution is 2.56. The molecule has 248 valence electrons. The number of carbonyl (C=O) groups is 4. The first-order chi connectivity index (χ1) is 22.3. The summed E-state index contributed by atoms with van der Waals surface area (Å²) in [4.78, 5) is 60.1. The Hall–Kier alpha value is -3.50. The maximum Gasteiger partial charge on any atom is 0.306 e. The SMILES string of the molecule is CC[C@H](C)[C@H](CO)N1C(=O)[C@H]2[C@@H]3C(=O)N[C@H](c4ccccc4)COC(=O)CC/C=C\CN(C4CCCCC4)C(=O)[C@H]1[C@@]21C=C[C@@H]3O1. The monoisotopic (exact) mass is 633 g/mol. The van der Waals surface area contributed by atoms with Gasteiger partial charge in [-0.3, -0.25) is 19.2 Å². The van der Waals surface area contributed by atoms with Gasteiger partial charge in [0.25, 0.3) is 0 Å². The lowest BCUT2D eigenvalue weighted by Gasteiger charge is -2.43. The van der Waals surface area contributed by atoms with E-state index in [1.807, 2.05) is 73.4 Å². The minimum atomic E-state index is -1.33. The number of amides is 3. The molecule has 1 spiro atoms. The van der Waals surface area contributed by atoms with Crippen molar-refractivity contribution in [2.75, 3.05) is 19.8 Å². The third-order valence-corrected chi connectivity index (χ3v) is 10.9. The van der Waals surface area contributed by atoms with Crippen LogP contribution in [0, 0.1) is 17.8 Å². The molecule has 10 nitrogen and oxygen atoms in total. The summed E-state index contributed by atoms with van der Waals surface area (Å²) in [5.74, 6) is -3.25. The van der Waals surface area contributed by atoms with E-state index in [1.165, 1.54) is 0 Å². The lowest BCUT2D eigenvalue weighted by Crippen LogP contribution is -2.61. The zero-order valence-electron chi connectivity index (χ0n) is 26.9. The predicted octanol–water partition coefficient (Wildman–Crippen LogP) is 3.46. The summed E-state index contributed by atoms with van der Waals surface area (Å²) in [6.07, 6.45) is 13.0. The van der Waals surface area contributed by atoms with Crippen molar-refractivity contribution >= 4 is 23.7 Å². The first kappa shape index (κ1) is 32.4. The topological polar surface area (TPSA) is 125 Å². The van der Waals surface area contributed by atoms with Crippen LogP contribution >= 0.6 is 0 Å². The van der Waals surface area contributed by atoms with Gasteiger partial charge in [0, 0.05) is 19.0 Å². The highest BCUT2D eigenvalue weighted by molar-refractivity contribution is 6.00. The molecular formula is C36H47N3O7. The third kappa shape index (κ3) is 5.79. The number of hydrogen-bond donors (Lipinski definition) is 2. The van der Waals surface area contributed by atoms with E-state index >= 15 is 4.79 Å². The molecule has 0 radical (unpaired) electrons. The molecule has 4 heterocycles. The van der Waals surface area contributed by atoms with E-state index in [0.29, 0.717) is 19.4 Å². The molecule has 6 rings (SSSR count). The molecule has 1 aromatic rings. The van der Waals surface area contributed by atoms with Crippen LogP contribution in [0.2, 0.25) is 0 Å². The fraction of sp³-hybridized carbons (Fsp3) is 0.611. The van der Waals surface area contributed by atoms with E-state index in [-0.39, 0.29) is 49.4 Å². The van der Waals surface area contributed by atoms with Crippen molar-refractivity contribution in [3.05, 3.63) is 60.2 Å². The van der Waals surface area contributed by atoms with Crippen LogP contribution in [-0.2, 0) is 28.7 Å². The molecule has 1 aromatic carbocycles. The Kier molecular flexibility index (Phi) is 9.66. The third-order valence-electron chi connectivity index (χ3n) is 10.9. The Balaban J connectivity index is 1.44. The van der Waals surface area contributed by atoms with Gasteiger partial charge in [-0.2, -0.15) is 0 Å². The summed E-state index contributed by atoms with van der Waals surface area (Å²) in [5, 5.41) is 13.8. The summed E-state index contributed by atoms with van der Waals surface area (Å²) in [5.41, 5.74) is -0.565. The Labute approximate surface area is 271 Å². The number of nitrogens with zero attached hydrogens (tertiary/aromatic N) is 2. The fourth-order valence-corrected chi connectivity index (χ4v) is 8.26. The van der Waals surface area contributed by atoms with Crippen LogP contribution in [0.25, 0.3) is 0 Å². The van der Waals surface area contributed by atoms with Gasteiger partial charge in [-0.25, -0.2) is 0 Å². The molecule has 3 amide bonds. The number of ether oxygens (including phenoxy) is 2. The molecule has 1 aliphatic carbocycles. The molecule has 3 fully saturated rings. The number of fused-ring (bicyclic) bond motifs is 2. The van der Waals surface area contributed by atoms with Crippen LogP contribution in [0.4, 0.5) is 0 Å². The number of aliphatic hydroxyl groups is 1. The molecule has 0 unspecified atom stereocenters. The zero-order chi connectivity index (χ0) is 32.4. The quantitative estimate of drug-likeness (QED) is 0.363. The number of carbonyl (C=O) groups excluding carboxylic acids is 4. The van der Waals surface area contributed by atoms with Gasteiger partial charge in [-0.15, -0.1) is 0 Å². The van der Waals surface area contributed by atoms with Crippen LogP contribution in [-0.4, -0.2) is 88.2 Å². The number of cyclic esters (lactones) is 1. The molecule has 2 saturated heterocycles. The van der Waals surface area contributed by atoms with E-state index in [2.05, 4.69) is 5.32 Å². The van der Waals surface area contributed by atoms with Gasteiger partial charge in [0.1, 0.15) is 18.2 Å². The number of hydrogen-bond acceptors (Lipinski definition) is 7. The molecule has 8 atom stereocenters. The Bertz CT molecular complexity index is 1360. The summed E-state index contributed by atoms with van der Waals surface area (Å²) in [7, 11) is 0. The Morgan fingerprint density at radius 1 is 1.04 bits per heavy atom. The van der Waals surface area contributed by atoms with E-state index in [9.17, 15) is 19.5 Å². The van der Waals surface area contributed by atoms with Crippen molar-refractivity contribution in [3.8, 4) is 0 Å². The molecule has 10 heteroatoms. The Morgan fingerprint density at radius 3 is 2.52 bits per heavy atom. The molecule has 4 aliphatic heterocycles. The van der Waals surface area contributed by atoms with E-state index < -0.39 is 47.6 Å². The average molecular weight is 634 g/mol. The van der Waals surface area contributed by atoms with Crippen molar-refractivity contribution in [1.29, 1.82) is 0 Å². The molecule has 1 saturated carbocycles. The smallest absolute Gasteiger partial charge is 0.306 e. The van der Waals surface area contributed by atoms with Crippen molar-refractivity contribution in [2.45, 2.75) is 101 Å². The molecule has 46 heavy (non-hydrogen) atoms. The number of nitrogens with one attached hydrogen (secondary N) is 1. The average Bonchev–Trinajstić information content (AvgIpc) is 3.72. The van der Waals surface area contributed by atoms with Gasteiger partial charge in [0.05, 0.1) is 36.6 Å². The van der Waals surface area contributed by atoms with E-state index in [4.69, 9.17) is 9.47 Å². The van der Waals surface area contributed by atoms with Crippen molar-refractivity contribution in [3.63, 3.8) is 0 Å². The van der Waals surface area contributed by atoms with Crippen LogP contribution in [0.3, 0.4) is 0 Å². The van der Waals surface area contributed by atoms with Crippen molar-refractivity contribution < 1.29 is 33.8 Å². The maximum absolute atomic E-state index is 15.0. The van der Waals surface area contributed by atoms with Crippen LogP contribution < -0.4 is 5.32 Å². The van der Waals surface area contributed by atoms with Gasteiger partial charge in [-0.05, 0) is 30.7 Å². The first-order valence-corrected chi connectivity index (χ1v) is 17.1. The standard InChI is InChI=1S/C36H47N3O7/c1-3-23(2)27(21-40)39-32-35(44)38(25-15-9-5-10-16-25)20-12-6-11-17-29(41)45-22-26(24-13-7-4-8-14-24)37-33(42)30-28-18-19-36(32,46-28)31(30)34(39)43/h4,6-8,12-14,18-19,23,25-28,30-32,40H,3,5,9-11,15-17,20-22H2,1-2H3,(H,37,42)/b12-6-/t23-,26-,27-,28-,30+,31+,32-,36+/m0/s1. The van der Waals surface area contributed by atoms with Crippen molar-refractivity contribution in [1.82, 2.24) is 15.1 Å². The molecule has 5 aliphatic rings. The number of likely N-dealkylation sites (tertiary alicyclic amines) is 1. The zero-order valence-corrected chi connectivity index (χ0v) is 26.9. The molecule has 0 aromatic heterocycles. The number of rotatable bonds is 6. The summed E-state index contributed by atoms with van der Waals surface area (Å²) < 4.78 is 12.3. The predicted molar refractivity (Wildman–Crippen MR) is 170 cm³/mol. The van der Waals surface area contributed by atoms with Crippen LogP contribution in [0.15, 0.2) is 54.6 Å². The first-order valence-electron chi connectivity index (χ1n) is 17.1.